The minimum Gasteiger partial charge on any atom is -0.328 e. The summed E-state index contributed by atoms with van der Waals surface area (Å²) >= 11 is 0. The Morgan fingerprint density at radius 1 is 1.25 bits per heavy atom. The average Bonchev–Trinajstić information content (AvgIpc) is 1.70. The highest BCUT2D eigenvalue weighted by Gasteiger charge is 2.20. The largest absolute Gasteiger partial charge is 0.328 e. The minimum atomic E-state index is 0.542. The molecule has 0 amide bonds. The maximum atomic E-state index is 5.47. The normalized spacial score (nSPS) is 34.5. The van der Waals surface area contributed by atoms with Crippen molar-refractivity contribution in [3.8, 4) is 0 Å². The second-order valence-electron chi connectivity index (χ2n) is 2.34. The van der Waals surface area contributed by atoms with Gasteiger partial charge in [0.1, 0.15) is 0 Å². The minimum absolute atomic E-state index is 0.542. The van der Waals surface area contributed by atoms with Gasteiger partial charge in [0.2, 0.25) is 0 Å². The molecule has 0 aromatic carbocycles. The number of hydrogen-bond donors (Lipinski definition) is 1. The second kappa shape index (κ2) is 3.90. The van der Waals surface area contributed by atoms with Crippen molar-refractivity contribution in [2.24, 2.45) is 11.7 Å². The smallest absolute Gasteiger partial charge is 0.00439 e. The predicted molar refractivity (Wildman–Crippen MR) is 37.7 cm³/mol. The van der Waals surface area contributed by atoms with Gasteiger partial charge >= 0.3 is 0 Å². The lowest BCUT2D eigenvalue weighted by Crippen LogP contribution is -2.34. The van der Waals surface area contributed by atoms with Crippen LogP contribution in [0, 0.1) is 5.92 Å². The summed E-state index contributed by atoms with van der Waals surface area (Å²) in [4.78, 5) is 0. The summed E-state index contributed by atoms with van der Waals surface area (Å²) in [5.41, 5.74) is 5.47. The zero-order chi connectivity index (χ0) is 6.57. The summed E-state index contributed by atoms with van der Waals surface area (Å²) < 4.78 is 0. The van der Waals surface area contributed by atoms with Gasteiger partial charge in [-0.15, -0.1) is 0 Å². The molecule has 0 aliphatic heterocycles. The highest BCUT2D eigenvalue weighted by molar-refractivity contribution is 4.78. The topological polar surface area (TPSA) is 26.0 Å². The van der Waals surface area contributed by atoms with Crippen LogP contribution < -0.4 is 5.73 Å². The molecule has 0 saturated heterocycles. The van der Waals surface area contributed by atoms with Gasteiger partial charge in [0.05, 0.1) is 0 Å². The number of hydrogen-bond acceptors (Lipinski definition) is 1. The van der Waals surface area contributed by atoms with Gasteiger partial charge in [0, 0.05) is 6.04 Å². The molecule has 0 heterocycles. The van der Waals surface area contributed by atoms with Crippen LogP contribution in [-0.2, 0) is 0 Å². The molecule has 0 bridgehead atoms. The van der Waals surface area contributed by atoms with Gasteiger partial charge in [-0.1, -0.05) is 20.8 Å². The van der Waals surface area contributed by atoms with Crippen molar-refractivity contribution in [1.82, 2.24) is 0 Å². The van der Waals surface area contributed by atoms with E-state index in [4.69, 9.17) is 5.73 Å². The van der Waals surface area contributed by atoms with Crippen LogP contribution in [0.15, 0.2) is 0 Å². The molecule has 0 radical (unpaired) electrons. The van der Waals surface area contributed by atoms with Crippen molar-refractivity contribution >= 4 is 0 Å². The Kier molecular flexibility index (Phi) is 3.88. The molecule has 1 aliphatic rings. The van der Waals surface area contributed by atoms with E-state index in [1.54, 1.807) is 0 Å². The zero-order valence-corrected chi connectivity index (χ0v) is 6.15. The summed E-state index contributed by atoms with van der Waals surface area (Å²) in [6.45, 7) is 6.24. The van der Waals surface area contributed by atoms with E-state index < -0.39 is 0 Å². The second-order valence-corrected chi connectivity index (χ2v) is 2.34. The highest BCUT2D eigenvalue weighted by Crippen LogP contribution is 2.23. The van der Waals surface area contributed by atoms with Crippen LogP contribution in [0.1, 0.15) is 33.6 Å². The van der Waals surface area contributed by atoms with Gasteiger partial charge in [-0.3, -0.25) is 0 Å². The molecule has 0 aromatic rings. The Morgan fingerprint density at radius 3 is 1.62 bits per heavy atom. The molecule has 0 spiro atoms. The molecular formula is C7H17N. The lowest BCUT2D eigenvalue weighted by molar-refractivity contribution is 0.290. The van der Waals surface area contributed by atoms with Crippen LogP contribution in [0.3, 0.4) is 0 Å². The molecule has 1 saturated carbocycles. The van der Waals surface area contributed by atoms with Gasteiger partial charge in [-0.05, 0) is 18.8 Å². The van der Waals surface area contributed by atoms with Crippen molar-refractivity contribution in [2.75, 3.05) is 0 Å². The molecule has 1 fully saturated rings. The highest BCUT2D eigenvalue weighted by atomic mass is 14.7. The van der Waals surface area contributed by atoms with Crippen LogP contribution in [0.4, 0.5) is 0 Å². The fraction of sp³-hybridized carbons (Fsp3) is 1.00. The molecule has 2 N–H and O–H groups in total. The predicted octanol–water partition coefficient (Wildman–Crippen LogP) is 1.77. The lowest BCUT2D eigenvalue weighted by atomic mass is 9.83. The molecule has 0 atom stereocenters. The van der Waals surface area contributed by atoms with Crippen LogP contribution >= 0.6 is 0 Å². The van der Waals surface area contributed by atoms with Gasteiger partial charge in [-0.25, -0.2) is 0 Å². The first-order chi connectivity index (χ1) is 3.79. The third-order valence-electron chi connectivity index (χ3n) is 1.41. The Morgan fingerprint density at radius 2 is 1.62 bits per heavy atom. The van der Waals surface area contributed by atoms with Crippen molar-refractivity contribution < 1.29 is 0 Å². The Hall–Kier alpha value is -0.0400. The Balaban J connectivity index is 0.000000222. The third kappa shape index (κ3) is 2.31. The van der Waals surface area contributed by atoms with E-state index in [1.807, 2.05) is 13.8 Å². The standard InChI is InChI=1S/C5H11N.C2H6/c1-4-2-5(6)3-4;1-2/h4-5H,2-3,6H2,1H3;1-2H3. The number of rotatable bonds is 0. The molecule has 8 heavy (non-hydrogen) atoms. The van der Waals surface area contributed by atoms with E-state index in [1.165, 1.54) is 12.8 Å². The molecule has 0 unspecified atom stereocenters. The SMILES string of the molecule is CC.CC1CC(N)C1. The first-order valence-electron chi connectivity index (χ1n) is 3.54. The first kappa shape index (κ1) is 7.96. The van der Waals surface area contributed by atoms with Crippen LogP contribution in [0.25, 0.3) is 0 Å². The molecule has 50 valence electrons. The first-order valence-corrected chi connectivity index (χ1v) is 3.54. The molecular weight excluding hydrogens is 98.1 g/mol. The van der Waals surface area contributed by atoms with E-state index in [-0.39, 0.29) is 0 Å². The van der Waals surface area contributed by atoms with E-state index in [0.717, 1.165) is 5.92 Å². The summed E-state index contributed by atoms with van der Waals surface area (Å²) in [6, 6.07) is 0.542. The monoisotopic (exact) mass is 115 g/mol. The Labute approximate surface area is 52.3 Å². The summed E-state index contributed by atoms with van der Waals surface area (Å²) in [5.74, 6) is 0.917. The summed E-state index contributed by atoms with van der Waals surface area (Å²) in [5, 5.41) is 0. The Bertz CT molecular complexity index is 40.3. The molecule has 0 aromatic heterocycles. The van der Waals surface area contributed by atoms with Crippen LogP contribution in [0.2, 0.25) is 0 Å². The van der Waals surface area contributed by atoms with Crippen molar-refractivity contribution in [1.29, 1.82) is 0 Å². The van der Waals surface area contributed by atoms with Crippen molar-refractivity contribution in [3.05, 3.63) is 0 Å². The third-order valence-corrected chi connectivity index (χ3v) is 1.41. The van der Waals surface area contributed by atoms with E-state index in [9.17, 15) is 0 Å². The quantitative estimate of drug-likeness (QED) is 0.511. The van der Waals surface area contributed by atoms with Gasteiger partial charge in [0.25, 0.3) is 0 Å². The van der Waals surface area contributed by atoms with Gasteiger partial charge in [-0.2, -0.15) is 0 Å². The summed E-state index contributed by atoms with van der Waals surface area (Å²) in [7, 11) is 0. The molecule has 1 heteroatoms. The number of nitrogens with two attached hydrogens (primary N) is 1. The lowest BCUT2D eigenvalue weighted by Gasteiger charge is -2.28. The molecule has 1 nitrogen and oxygen atoms in total. The van der Waals surface area contributed by atoms with Crippen molar-refractivity contribution in [2.45, 2.75) is 39.7 Å². The fourth-order valence-corrected chi connectivity index (χ4v) is 0.965. The fourth-order valence-electron chi connectivity index (χ4n) is 0.965. The van der Waals surface area contributed by atoms with Crippen molar-refractivity contribution in [3.63, 3.8) is 0 Å². The molecule has 1 aliphatic carbocycles. The van der Waals surface area contributed by atoms with E-state index in [2.05, 4.69) is 6.92 Å². The van der Waals surface area contributed by atoms with Gasteiger partial charge < -0.3 is 5.73 Å². The zero-order valence-electron chi connectivity index (χ0n) is 6.15. The summed E-state index contributed by atoms with van der Waals surface area (Å²) in [6.07, 6.45) is 2.50. The maximum absolute atomic E-state index is 5.47. The maximum Gasteiger partial charge on any atom is 0.00439 e. The van der Waals surface area contributed by atoms with E-state index in [0.29, 0.717) is 6.04 Å². The van der Waals surface area contributed by atoms with Crippen LogP contribution in [-0.4, -0.2) is 6.04 Å². The molecule has 1 rings (SSSR count). The van der Waals surface area contributed by atoms with Crippen LogP contribution in [0.5, 0.6) is 0 Å². The van der Waals surface area contributed by atoms with Gasteiger partial charge in [0.15, 0.2) is 0 Å². The average molecular weight is 115 g/mol. The van der Waals surface area contributed by atoms with E-state index >= 15 is 0 Å².